The predicted octanol–water partition coefficient (Wildman–Crippen LogP) is 3.26. The molecule has 18 heavy (non-hydrogen) atoms. The van der Waals surface area contributed by atoms with Gasteiger partial charge in [-0.15, -0.1) is 0 Å². The molecule has 3 N–H and O–H groups in total. The standard InChI is InChI=1S/C13H10FIN2O/c14-11-7-10(5-6-12(11)16)17-13(18)8-1-3-9(15)4-2-8/h1-7H,16H2,(H,17,18). The molecule has 0 heterocycles. The van der Waals surface area contributed by atoms with E-state index in [0.29, 0.717) is 11.3 Å². The lowest BCUT2D eigenvalue weighted by molar-refractivity contribution is 0.102. The highest BCUT2D eigenvalue weighted by atomic mass is 127. The van der Waals surface area contributed by atoms with Crippen LogP contribution in [0.3, 0.4) is 0 Å². The van der Waals surface area contributed by atoms with Crippen LogP contribution in [0.25, 0.3) is 0 Å². The lowest BCUT2D eigenvalue weighted by Gasteiger charge is -2.06. The van der Waals surface area contributed by atoms with Crippen molar-refractivity contribution in [1.29, 1.82) is 0 Å². The largest absolute Gasteiger partial charge is 0.396 e. The van der Waals surface area contributed by atoms with Crippen LogP contribution in [0.15, 0.2) is 42.5 Å². The zero-order valence-electron chi connectivity index (χ0n) is 9.28. The molecule has 0 atom stereocenters. The molecule has 3 nitrogen and oxygen atoms in total. The van der Waals surface area contributed by atoms with Gasteiger partial charge in [0.05, 0.1) is 5.69 Å². The van der Waals surface area contributed by atoms with Crippen LogP contribution in [0.4, 0.5) is 15.8 Å². The summed E-state index contributed by atoms with van der Waals surface area (Å²) in [7, 11) is 0. The number of benzene rings is 2. The minimum Gasteiger partial charge on any atom is -0.396 e. The number of nitrogens with one attached hydrogen (secondary N) is 1. The minimum absolute atomic E-state index is 0.0577. The summed E-state index contributed by atoms with van der Waals surface area (Å²) in [5.74, 6) is -0.828. The van der Waals surface area contributed by atoms with Crippen molar-refractivity contribution in [2.24, 2.45) is 0 Å². The monoisotopic (exact) mass is 356 g/mol. The maximum absolute atomic E-state index is 13.2. The van der Waals surface area contributed by atoms with Crippen LogP contribution in [0, 0.1) is 9.39 Å². The van der Waals surface area contributed by atoms with E-state index in [1.165, 1.54) is 12.1 Å². The molecule has 92 valence electrons. The third-order valence-corrected chi connectivity index (χ3v) is 3.08. The second-order valence-corrected chi connectivity index (χ2v) is 4.94. The van der Waals surface area contributed by atoms with Crippen molar-refractivity contribution < 1.29 is 9.18 Å². The van der Waals surface area contributed by atoms with Crippen molar-refractivity contribution in [1.82, 2.24) is 0 Å². The molecule has 5 heteroatoms. The van der Waals surface area contributed by atoms with Gasteiger partial charge in [-0.05, 0) is 65.1 Å². The molecule has 0 aromatic heterocycles. The first-order chi connectivity index (χ1) is 8.56. The van der Waals surface area contributed by atoms with Crippen molar-refractivity contribution >= 4 is 39.9 Å². The van der Waals surface area contributed by atoms with Crippen LogP contribution in [0.5, 0.6) is 0 Å². The Morgan fingerprint density at radius 2 is 1.83 bits per heavy atom. The van der Waals surface area contributed by atoms with Gasteiger partial charge in [0.2, 0.25) is 0 Å². The molecule has 0 bridgehead atoms. The maximum atomic E-state index is 13.2. The second kappa shape index (κ2) is 5.34. The van der Waals surface area contributed by atoms with E-state index in [2.05, 4.69) is 27.9 Å². The van der Waals surface area contributed by atoms with Gasteiger partial charge in [-0.1, -0.05) is 0 Å². The van der Waals surface area contributed by atoms with Crippen molar-refractivity contribution in [3.8, 4) is 0 Å². The van der Waals surface area contributed by atoms with Crippen LogP contribution in [0.1, 0.15) is 10.4 Å². The Hall–Kier alpha value is -1.63. The number of hydrogen-bond acceptors (Lipinski definition) is 2. The summed E-state index contributed by atoms with van der Waals surface area (Å²) >= 11 is 2.16. The van der Waals surface area contributed by atoms with Gasteiger partial charge in [0.15, 0.2) is 0 Å². The normalized spacial score (nSPS) is 10.1. The number of rotatable bonds is 2. The molecule has 2 rings (SSSR count). The van der Waals surface area contributed by atoms with Gasteiger partial charge in [0.1, 0.15) is 5.82 Å². The summed E-state index contributed by atoms with van der Waals surface area (Å²) in [5.41, 5.74) is 6.32. The first-order valence-corrected chi connectivity index (χ1v) is 6.26. The van der Waals surface area contributed by atoms with E-state index >= 15 is 0 Å². The van der Waals surface area contributed by atoms with Crippen LogP contribution in [-0.2, 0) is 0 Å². The Labute approximate surface area is 117 Å². The van der Waals surface area contributed by atoms with Crippen molar-refractivity contribution in [2.45, 2.75) is 0 Å². The Morgan fingerprint density at radius 3 is 2.44 bits per heavy atom. The van der Waals surface area contributed by atoms with Crippen LogP contribution >= 0.6 is 22.6 Å². The van der Waals surface area contributed by atoms with Crippen LogP contribution in [-0.4, -0.2) is 5.91 Å². The molecule has 2 aromatic rings. The summed E-state index contributed by atoms with van der Waals surface area (Å²) in [4.78, 5) is 11.9. The fourth-order valence-corrected chi connectivity index (χ4v) is 1.77. The molecule has 0 aliphatic heterocycles. The number of nitrogens with two attached hydrogens (primary N) is 1. The number of hydrogen-bond donors (Lipinski definition) is 2. The van der Waals surface area contributed by atoms with Gasteiger partial charge in [-0.25, -0.2) is 4.39 Å². The fraction of sp³-hybridized carbons (Fsp3) is 0. The highest BCUT2D eigenvalue weighted by Crippen LogP contribution is 2.17. The third kappa shape index (κ3) is 2.98. The Morgan fingerprint density at radius 1 is 1.17 bits per heavy atom. The first kappa shape index (κ1) is 12.8. The summed E-state index contributed by atoms with van der Waals surface area (Å²) < 4.78 is 14.3. The number of carbonyl (C=O) groups is 1. The topological polar surface area (TPSA) is 55.1 Å². The molecular weight excluding hydrogens is 346 g/mol. The first-order valence-electron chi connectivity index (χ1n) is 5.18. The van der Waals surface area contributed by atoms with E-state index in [0.717, 1.165) is 3.57 Å². The van der Waals surface area contributed by atoms with Crippen LogP contribution < -0.4 is 11.1 Å². The van der Waals surface area contributed by atoms with Crippen molar-refractivity contribution in [3.05, 3.63) is 57.4 Å². The molecule has 2 aromatic carbocycles. The lowest BCUT2D eigenvalue weighted by atomic mass is 10.2. The summed E-state index contributed by atoms with van der Waals surface area (Å²) in [6, 6.07) is 11.3. The molecule has 0 fully saturated rings. The number of halogens is 2. The van der Waals surface area contributed by atoms with E-state index in [1.807, 2.05) is 12.1 Å². The molecule has 0 aliphatic carbocycles. The van der Waals surface area contributed by atoms with Crippen LogP contribution in [0.2, 0.25) is 0 Å². The second-order valence-electron chi connectivity index (χ2n) is 3.70. The highest BCUT2D eigenvalue weighted by molar-refractivity contribution is 14.1. The van der Waals surface area contributed by atoms with Crippen molar-refractivity contribution in [2.75, 3.05) is 11.1 Å². The van der Waals surface area contributed by atoms with Gasteiger partial charge in [0, 0.05) is 14.8 Å². The summed E-state index contributed by atoms with van der Waals surface area (Å²) in [6.45, 7) is 0. The predicted molar refractivity (Wildman–Crippen MR) is 77.9 cm³/mol. The third-order valence-electron chi connectivity index (χ3n) is 2.36. The van der Waals surface area contributed by atoms with E-state index in [1.54, 1.807) is 18.2 Å². The van der Waals surface area contributed by atoms with E-state index < -0.39 is 5.82 Å². The average molecular weight is 356 g/mol. The van der Waals surface area contributed by atoms with Gasteiger partial charge < -0.3 is 11.1 Å². The molecule has 0 saturated carbocycles. The van der Waals surface area contributed by atoms with E-state index in [-0.39, 0.29) is 11.6 Å². The SMILES string of the molecule is Nc1ccc(NC(=O)c2ccc(I)cc2)cc1F. The average Bonchev–Trinajstić information content (AvgIpc) is 2.34. The van der Waals surface area contributed by atoms with Gasteiger partial charge in [-0.2, -0.15) is 0 Å². The quantitative estimate of drug-likeness (QED) is 0.641. The number of carbonyl (C=O) groups excluding carboxylic acids is 1. The zero-order valence-corrected chi connectivity index (χ0v) is 11.4. The summed E-state index contributed by atoms with van der Waals surface area (Å²) in [6.07, 6.45) is 0. The Kier molecular flexibility index (Phi) is 3.81. The smallest absolute Gasteiger partial charge is 0.255 e. The number of anilines is 2. The highest BCUT2D eigenvalue weighted by Gasteiger charge is 2.07. The van der Waals surface area contributed by atoms with Crippen molar-refractivity contribution in [3.63, 3.8) is 0 Å². The van der Waals surface area contributed by atoms with E-state index in [4.69, 9.17) is 5.73 Å². The zero-order chi connectivity index (χ0) is 13.1. The van der Waals surface area contributed by atoms with E-state index in [9.17, 15) is 9.18 Å². The molecule has 0 spiro atoms. The van der Waals surface area contributed by atoms with Gasteiger partial charge >= 0.3 is 0 Å². The maximum Gasteiger partial charge on any atom is 0.255 e. The fourth-order valence-electron chi connectivity index (χ4n) is 1.41. The minimum atomic E-state index is -0.546. The lowest BCUT2D eigenvalue weighted by Crippen LogP contribution is -2.12. The summed E-state index contributed by atoms with van der Waals surface area (Å²) in [5, 5.41) is 2.61. The number of amides is 1. The Balaban J connectivity index is 2.16. The molecule has 0 radical (unpaired) electrons. The van der Waals surface area contributed by atoms with Gasteiger partial charge in [-0.3, -0.25) is 4.79 Å². The number of nitrogen functional groups attached to an aromatic ring is 1. The molecule has 0 aliphatic rings. The van der Waals surface area contributed by atoms with Gasteiger partial charge in [0.25, 0.3) is 5.91 Å². The molecular formula is C13H10FIN2O. The Bertz CT molecular complexity index is 584. The molecule has 0 unspecified atom stereocenters. The molecule has 0 saturated heterocycles. The molecule has 1 amide bonds.